The van der Waals surface area contributed by atoms with Crippen molar-refractivity contribution < 1.29 is 14.4 Å². The molecular weight excluding hydrogens is 440 g/mol. The maximum absolute atomic E-state index is 14.1. The minimum Gasteiger partial charge on any atom is -0.356 e. The summed E-state index contributed by atoms with van der Waals surface area (Å²) in [6, 6.07) is 16.1. The first-order valence-electron chi connectivity index (χ1n) is 12.3. The molecule has 0 bridgehead atoms. The van der Waals surface area contributed by atoms with E-state index in [1.54, 1.807) is 11.8 Å². The highest BCUT2D eigenvalue weighted by atomic mass is 16.2. The fraction of sp³-hybridized carbons (Fsp3) is 0.393. The number of nitrogens with one attached hydrogen (secondary N) is 2. The molecule has 2 aliphatic heterocycles. The summed E-state index contributed by atoms with van der Waals surface area (Å²) in [5.74, 6) is -0.535. The fourth-order valence-corrected chi connectivity index (χ4v) is 5.60. The van der Waals surface area contributed by atoms with E-state index in [9.17, 15) is 14.4 Å². The van der Waals surface area contributed by atoms with Gasteiger partial charge in [0, 0.05) is 17.4 Å². The van der Waals surface area contributed by atoms with Crippen LogP contribution in [0.5, 0.6) is 0 Å². The highest BCUT2D eigenvalue weighted by molar-refractivity contribution is 6.11. The molecule has 0 saturated carbocycles. The summed E-state index contributed by atoms with van der Waals surface area (Å²) in [6.07, 6.45) is 1.06. The summed E-state index contributed by atoms with van der Waals surface area (Å²) in [4.78, 5) is 47.6. The van der Waals surface area contributed by atoms with E-state index in [1.165, 1.54) is 4.90 Å². The van der Waals surface area contributed by atoms with E-state index < -0.39 is 17.6 Å². The van der Waals surface area contributed by atoms with Gasteiger partial charge in [-0.1, -0.05) is 62.4 Å². The molecule has 1 aromatic heterocycles. The quantitative estimate of drug-likeness (QED) is 0.518. The van der Waals surface area contributed by atoms with E-state index in [0.717, 1.165) is 27.7 Å². The van der Waals surface area contributed by atoms with Crippen molar-refractivity contribution in [3.8, 4) is 0 Å². The summed E-state index contributed by atoms with van der Waals surface area (Å²) in [6.45, 7) is 8.14. The Morgan fingerprint density at radius 3 is 2.46 bits per heavy atom. The number of para-hydroxylation sites is 1. The Morgan fingerprint density at radius 2 is 1.74 bits per heavy atom. The van der Waals surface area contributed by atoms with Gasteiger partial charge in [-0.15, -0.1) is 0 Å². The Morgan fingerprint density at radius 1 is 1.06 bits per heavy atom. The third kappa shape index (κ3) is 3.61. The molecule has 7 nitrogen and oxygen atoms in total. The van der Waals surface area contributed by atoms with E-state index in [1.807, 2.05) is 75.4 Å². The van der Waals surface area contributed by atoms with Crippen molar-refractivity contribution in [2.45, 2.75) is 58.2 Å². The average molecular weight is 473 g/mol. The van der Waals surface area contributed by atoms with Crippen LogP contribution in [-0.4, -0.2) is 45.2 Å². The zero-order valence-electron chi connectivity index (χ0n) is 20.7. The number of carbonyl (C=O) groups is 3. The molecule has 2 aliphatic rings. The number of carbonyl (C=O) groups excluding carboxylic acids is 3. The summed E-state index contributed by atoms with van der Waals surface area (Å²) < 4.78 is 0. The number of aromatic amines is 1. The molecule has 2 N–H and O–H groups in total. The minimum absolute atomic E-state index is 0.118. The summed E-state index contributed by atoms with van der Waals surface area (Å²) in [5.41, 5.74) is 2.59. The number of amides is 4. The summed E-state index contributed by atoms with van der Waals surface area (Å²) >= 11 is 0. The van der Waals surface area contributed by atoms with E-state index in [0.29, 0.717) is 19.4 Å². The molecule has 0 aliphatic carbocycles. The second-order valence-electron chi connectivity index (χ2n) is 10.2. The molecule has 2 aromatic carbocycles. The van der Waals surface area contributed by atoms with Gasteiger partial charge < -0.3 is 15.2 Å². The summed E-state index contributed by atoms with van der Waals surface area (Å²) in [7, 11) is 0. The standard InChI is InChI=1S/C28H32N4O3/c1-17(2)16-23(25(33)29-18(3)19-10-6-5-7-11-19)32-26(34)28(4)24-21(14-15-31(28)27(32)35)20-12-8-9-13-22(20)30-24/h5-13,17-18,23,30H,14-16H2,1-4H3,(H,29,33)/t18?,23-,28-/m0/s1. The minimum atomic E-state index is -1.16. The molecule has 0 radical (unpaired) electrons. The van der Waals surface area contributed by atoms with Crippen LogP contribution in [0.1, 0.15) is 57.0 Å². The molecular formula is C28H32N4O3. The fourth-order valence-electron chi connectivity index (χ4n) is 5.60. The first kappa shape index (κ1) is 23.1. The van der Waals surface area contributed by atoms with Crippen molar-refractivity contribution in [1.82, 2.24) is 20.1 Å². The second kappa shape index (κ2) is 8.56. The Kier molecular flexibility index (Phi) is 5.66. The summed E-state index contributed by atoms with van der Waals surface area (Å²) in [5, 5.41) is 4.12. The van der Waals surface area contributed by atoms with E-state index in [-0.39, 0.29) is 23.8 Å². The lowest BCUT2D eigenvalue weighted by Crippen LogP contribution is -2.51. The van der Waals surface area contributed by atoms with Crippen molar-refractivity contribution in [3.63, 3.8) is 0 Å². The van der Waals surface area contributed by atoms with E-state index >= 15 is 0 Å². The molecule has 4 amide bonds. The van der Waals surface area contributed by atoms with Crippen molar-refractivity contribution in [1.29, 1.82) is 0 Å². The first-order valence-corrected chi connectivity index (χ1v) is 12.3. The predicted octanol–water partition coefficient (Wildman–Crippen LogP) is 4.50. The molecule has 7 heteroatoms. The number of benzene rings is 2. The zero-order chi connectivity index (χ0) is 24.9. The predicted molar refractivity (Wildman–Crippen MR) is 135 cm³/mol. The highest BCUT2D eigenvalue weighted by Gasteiger charge is 2.60. The Balaban J connectivity index is 1.50. The number of hydrogen-bond donors (Lipinski definition) is 2. The highest BCUT2D eigenvalue weighted by Crippen LogP contribution is 2.45. The normalized spacial score (nSPS) is 21.3. The van der Waals surface area contributed by atoms with Crippen molar-refractivity contribution in [2.75, 3.05) is 6.54 Å². The first-order chi connectivity index (χ1) is 16.7. The van der Waals surface area contributed by atoms with Gasteiger partial charge in [0.2, 0.25) is 5.91 Å². The molecule has 35 heavy (non-hydrogen) atoms. The SMILES string of the molecule is CC(C)C[C@@H](C(=O)NC(C)c1ccccc1)N1C(=O)N2CCc3c([nH]c4ccccc34)[C@@]2(C)C1=O. The van der Waals surface area contributed by atoms with Gasteiger partial charge >= 0.3 is 6.03 Å². The third-order valence-corrected chi connectivity index (χ3v) is 7.47. The lowest BCUT2D eigenvalue weighted by atomic mass is 9.86. The number of urea groups is 1. The maximum Gasteiger partial charge on any atom is 0.328 e. The van der Waals surface area contributed by atoms with Gasteiger partial charge in [0.15, 0.2) is 5.54 Å². The molecule has 1 fully saturated rings. The number of hydrogen-bond acceptors (Lipinski definition) is 3. The van der Waals surface area contributed by atoms with Crippen LogP contribution in [-0.2, 0) is 21.5 Å². The van der Waals surface area contributed by atoms with Crippen LogP contribution in [0.15, 0.2) is 54.6 Å². The number of H-pyrrole nitrogens is 1. The van der Waals surface area contributed by atoms with Crippen LogP contribution in [0, 0.1) is 5.92 Å². The van der Waals surface area contributed by atoms with Gasteiger partial charge in [0.05, 0.1) is 11.7 Å². The smallest absolute Gasteiger partial charge is 0.328 e. The number of nitrogens with zero attached hydrogens (tertiary/aromatic N) is 2. The van der Waals surface area contributed by atoms with Gasteiger partial charge in [0.25, 0.3) is 5.91 Å². The molecule has 3 atom stereocenters. The molecule has 1 saturated heterocycles. The number of imide groups is 1. The van der Waals surface area contributed by atoms with Crippen LogP contribution < -0.4 is 5.32 Å². The van der Waals surface area contributed by atoms with Crippen LogP contribution in [0.4, 0.5) is 4.79 Å². The van der Waals surface area contributed by atoms with E-state index in [4.69, 9.17) is 0 Å². The third-order valence-electron chi connectivity index (χ3n) is 7.47. The lowest BCUT2D eigenvalue weighted by molar-refractivity contribution is -0.140. The van der Waals surface area contributed by atoms with Gasteiger partial charge in [-0.2, -0.15) is 0 Å². The Hall–Kier alpha value is -3.61. The molecule has 3 aromatic rings. The lowest BCUT2D eigenvalue weighted by Gasteiger charge is -2.36. The molecule has 3 heterocycles. The van der Waals surface area contributed by atoms with Gasteiger partial charge in [-0.3, -0.25) is 9.59 Å². The zero-order valence-corrected chi connectivity index (χ0v) is 20.7. The van der Waals surface area contributed by atoms with Gasteiger partial charge in [-0.25, -0.2) is 9.69 Å². The van der Waals surface area contributed by atoms with Gasteiger partial charge in [0.1, 0.15) is 6.04 Å². The molecule has 182 valence electrons. The average Bonchev–Trinajstić information content (AvgIpc) is 3.32. The van der Waals surface area contributed by atoms with Crippen LogP contribution >= 0.6 is 0 Å². The van der Waals surface area contributed by atoms with Crippen molar-refractivity contribution >= 4 is 28.7 Å². The molecule has 5 rings (SSSR count). The van der Waals surface area contributed by atoms with Crippen LogP contribution in [0.3, 0.4) is 0 Å². The Labute approximate surface area is 205 Å². The van der Waals surface area contributed by atoms with Crippen molar-refractivity contribution in [3.05, 3.63) is 71.4 Å². The Bertz CT molecular complexity index is 1300. The largest absolute Gasteiger partial charge is 0.356 e. The van der Waals surface area contributed by atoms with Gasteiger partial charge in [-0.05, 0) is 49.8 Å². The maximum atomic E-state index is 14.1. The topological polar surface area (TPSA) is 85.5 Å². The molecule has 0 spiro atoms. The monoisotopic (exact) mass is 472 g/mol. The number of fused-ring (bicyclic) bond motifs is 5. The number of rotatable bonds is 6. The van der Waals surface area contributed by atoms with Crippen molar-refractivity contribution in [2.24, 2.45) is 5.92 Å². The van der Waals surface area contributed by atoms with Crippen LogP contribution in [0.25, 0.3) is 10.9 Å². The second-order valence-corrected chi connectivity index (χ2v) is 10.2. The molecule has 1 unspecified atom stereocenters. The number of aromatic nitrogens is 1. The van der Waals surface area contributed by atoms with E-state index in [2.05, 4.69) is 10.3 Å². The van der Waals surface area contributed by atoms with Crippen LogP contribution in [0.2, 0.25) is 0 Å².